The predicted octanol–water partition coefficient (Wildman–Crippen LogP) is 1.73. The summed E-state index contributed by atoms with van der Waals surface area (Å²) in [5.41, 5.74) is 0.470. The van der Waals surface area contributed by atoms with Crippen LogP contribution in [-0.4, -0.2) is 54.6 Å². The molecule has 0 radical (unpaired) electrons. The Kier molecular flexibility index (Phi) is 4.22. The highest BCUT2D eigenvalue weighted by atomic mass is 19.1. The highest BCUT2D eigenvalue weighted by Crippen LogP contribution is 2.30. The standard InChI is InChI=1S/C16H18F2N2O2/c1-2-3-20-14(11-6-12(17)8-13(18)7-11)9-19-4-5-22-10-15(19)16(20)21/h2,6-8,14-15H,1,3-5,9-10H2/t14-,15+/m0/s1. The molecule has 2 heterocycles. The van der Waals surface area contributed by atoms with Gasteiger partial charge in [-0.3, -0.25) is 9.69 Å². The Hall–Kier alpha value is -1.79. The third-order valence-corrected chi connectivity index (χ3v) is 4.19. The zero-order valence-electron chi connectivity index (χ0n) is 12.2. The van der Waals surface area contributed by atoms with Gasteiger partial charge in [0, 0.05) is 25.7 Å². The molecule has 0 spiro atoms. The highest BCUT2D eigenvalue weighted by molar-refractivity contribution is 5.83. The van der Waals surface area contributed by atoms with Gasteiger partial charge in [0.15, 0.2) is 0 Å². The van der Waals surface area contributed by atoms with Crippen molar-refractivity contribution in [1.29, 1.82) is 0 Å². The highest BCUT2D eigenvalue weighted by Gasteiger charge is 2.42. The van der Waals surface area contributed by atoms with Crippen LogP contribution in [0.4, 0.5) is 8.78 Å². The summed E-state index contributed by atoms with van der Waals surface area (Å²) < 4.78 is 32.4. The molecule has 1 aromatic carbocycles. The zero-order chi connectivity index (χ0) is 15.7. The van der Waals surface area contributed by atoms with Crippen LogP contribution in [0.25, 0.3) is 0 Å². The van der Waals surface area contributed by atoms with Gasteiger partial charge in [-0.05, 0) is 17.7 Å². The number of rotatable bonds is 3. The molecule has 1 amide bonds. The van der Waals surface area contributed by atoms with Gasteiger partial charge in [-0.1, -0.05) is 6.08 Å². The number of amides is 1. The predicted molar refractivity (Wildman–Crippen MR) is 77.2 cm³/mol. The first kappa shape index (κ1) is 15.1. The SMILES string of the molecule is C=CCN1C(=O)[C@H]2COCCN2C[C@H]1c1cc(F)cc(F)c1. The van der Waals surface area contributed by atoms with Crippen LogP contribution in [0.2, 0.25) is 0 Å². The number of halogens is 2. The van der Waals surface area contributed by atoms with Crippen LogP contribution in [0, 0.1) is 11.6 Å². The second-order valence-electron chi connectivity index (χ2n) is 5.58. The summed E-state index contributed by atoms with van der Waals surface area (Å²) in [6.07, 6.45) is 1.62. The molecule has 4 nitrogen and oxygen atoms in total. The number of hydrogen-bond acceptors (Lipinski definition) is 3. The van der Waals surface area contributed by atoms with E-state index in [1.165, 1.54) is 12.1 Å². The van der Waals surface area contributed by atoms with Crippen molar-refractivity contribution in [3.8, 4) is 0 Å². The van der Waals surface area contributed by atoms with E-state index in [-0.39, 0.29) is 18.0 Å². The minimum atomic E-state index is -0.634. The number of nitrogens with zero attached hydrogens (tertiary/aromatic N) is 2. The van der Waals surface area contributed by atoms with Gasteiger partial charge in [-0.15, -0.1) is 6.58 Å². The molecule has 0 saturated carbocycles. The molecule has 2 fully saturated rings. The lowest BCUT2D eigenvalue weighted by Crippen LogP contribution is -2.62. The van der Waals surface area contributed by atoms with Crippen LogP contribution in [0.3, 0.4) is 0 Å². The number of piperazine rings is 1. The maximum absolute atomic E-state index is 13.5. The fourth-order valence-corrected chi connectivity index (χ4v) is 3.16. The summed E-state index contributed by atoms with van der Waals surface area (Å²) in [5, 5.41) is 0. The largest absolute Gasteiger partial charge is 0.378 e. The second kappa shape index (κ2) is 6.14. The first-order chi connectivity index (χ1) is 10.6. The number of fused-ring (bicyclic) bond motifs is 1. The lowest BCUT2D eigenvalue weighted by Gasteiger charge is -2.47. The fraction of sp³-hybridized carbons (Fsp3) is 0.438. The molecule has 0 unspecified atom stereocenters. The molecular formula is C16H18F2N2O2. The third kappa shape index (κ3) is 2.76. The minimum absolute atomic E-state index is 0.0829. The average Bonchev–Trinajstić information content (AvgIpc) is 2.49. The number of hydrogen-bond donors (Lipinski definition) is 0. The number of ether oxygens (including phenoxy) is 1. The molecule has 22 heavy (non-hydrogen) atoms. The fourth-order valence-electron chi connectivity index (χ4n) is 3.16. The summed E-state index contributed by atoms with van der Waals surface area (Å²) in [7, 11) is 0. The topological polar surface area (TPSA) is 32.8 Å². The third-order valence-electron chi connectivity index (χ3n) is 4.19. The molecule has 6 heteroatoms. The van der Waals surface area contributed by atoms with Crippen LogP contribution in [0.1, 0.15) is 11.6 Å². The van der Waals surface area contributed by atoms with E-state index in [2.05, 4.69) is 6.58 Å². The van der Waals surface area contributed by atoms with E-state index >= 15 is 0 Å². The summed E-state index contributed by atoms with van der Waals surface area (Å²) in [6.45, 7) is 6.12. The van der Waals surface area contributed by atoms with Crippen molar-refractivity contribution in [2.45, 2.75) is 12.1 Å². The monoisotopic (exact) mass is 308 g/mol. The summed E-state index contributed by atoms with van der Waals surface area (Å²) in [4.78, 5) is 16.3. The summed E-state index contributed by atoms with van der Waals surface area (Å²) in [6, 6.07) is 2.72. The number of morpholine rings is 1. The van der Waals surface area contributed by atoms with Crippen molar-refractivity contribution in [3.63, 3.8) is 0 Å². The van der Waals surface area contributed by atoms with Crippen molar-refractivity contribution < 1.29 is 18.3 Å². The Morgan fingerprint density at radius 1 is 1.27 bits per heavy atom. The van der Waals surface area contributed by atoms with Gasteiger partial charge in [0.2, 0.25) is 5.91 Å². The second-order valence-corrected chi connectivity index (χ2v) is 5.58. The van der Waals surface area contributed by atoms with Gasteiger partial charge in [-0.2, -0.15) is 0 Å². The first-order valence-electron chi connectivity index (χ1n) is 7.29. The van der Waals surface area contributed by atoms with Crippen LogP contribution < -0.4 is 0 Å². The number of carbonyl (C=O) groups excluding carboxylic acids is 1. The van der Waals surface area contributed by atoms with E-state index in [1.54, 1.807) is 11.0 Å². The van der Waals surface area contributed by atoms with Crippen molar-refractivity contribution in [2.24, 2.45) is 0 Å². The van der Waals surface area contributed by atoms with Crippen molar-refractivity contribution in [1.82, 2.24) is 9.80 Å². The van der Waals surface area contributed by atoms with Gasteiger partial charge in [0.25, 0.3) is 0 Å². The van der Waals surface area contributed by atoms with E-state index in [1.807, 2.05) is 4.90 Å². The van der Waals surface area contributed by atoms with Gasteiger partial charge in [-0.25, -0.2) is 8.78 Å². The molecule has 1 aromatic rings. The first-order valence-corrected chi connectivity index (χ1v) is 7.29. The van der Waals surface area contributed by atoms with Crippen LogP contribution in [-0.2, 0) is 9.53 Å². The molecular weight excluding hydrogens is 290 g/mol. The molecule has 2 saturated heterocycles. The average molecular weight is 308 g/mol. The lowest BCUT2D eigenvalue weighted by molar-refractivity contribution is -0.154. The number of benzene rings is 1. The number of carbonyl (C=O) groups is 1. The summed E-state index contributed by atoms with van der Waals surface area (Å²) in [5.74, 6) is -1.35. The van der Waals surface area contributed by atoms with E-state index in [0.717, 1.165) is 6.07 Å². The van der Waals surface area contributed by atoms with Gasteiger partial charge < -0.3 is 9.64 Å². The van der Waals surface area contributed by atoms with Crippen molar-refractivity contribution in [2.75, 3.05) is 32.8 Å². The Morgan fingerprint density at radius 2 is 2.00 bits per heavy atom. The maximum Gasteiger partial charge on any atom is 0.243 e. The van der Waals surface area contributed by atoms with E-state index < -0.39 is 11.6 Å². The van der Waals surface area contributed by atoms with E-state index in [9.17, 15) is 13.6 Å². The van der Waals surface area contributed by atoms with Crippen LogP contribution >= 0.6 is 0 Å². The lowest BCUT2D eigenvalue weighted by atomic mass is 9.98. The van der Waals surface area contributed by atoms with Crippen molar-refractivity contribution >= 4 is 5.91 Å². The quantitative estimate of drug-likeness (QED) is 0.797. The van der Waals surface area contributed by atoms with Gasteiger partial charge in [0.1, 0.15) is 17.7 Å². The van der Waals surface area contributed by atoms with Gasteiger partial charge in [0.05, 0.1) is 19.3 Å². The Balaban J connectivity index is 1.95. The molecule has 0 N–H and O–H groups in total. The van der Waals surface area contributed by atoms with Crippen LogP contribution in [0.5, 0.6) is 0 Å². The summed E-state index contributed by atoms with van der Waals surface area (Å²) >= 11 is 0. The molecule has 0 aliphatic carbocycles. The molecule has 3 rings (SSSR count). The maximum atomic E-state index is 13.5. The molecule has 2 aliphatic heterocycles. The van der Waals surface area contributed by atoms with Gasteiger partial charge >= 0.3 is 0 Å². The Bertz CT molecular complexity index is 573. The molecule has 0 bridgehead atoms. The normalized spacial score (nSPS) is 25.9. The molecule has 0 aromatic heterocycles. The van der Waals surface area contributed by atoms with Crippen molar-refractivity contribution in [3.05, 3.63) is 48.1 Å². The van der Waals surface area contributed by atoms with Crippen LogP contribution in [0.15, 0.2) is 30.9 Å². The Morgan fingerprint density at radius 3 is 2.68 bits per heavy atom. The van der Waals surface area contributed by atoms with E-state index in [4.69, 9.17) is 4.74 Å². The minimum Gasteiger partial charge on any atom is -0.378 e. The Labute approximate surface area is 128 Å². The zero-order valence-corrected chi connectivity index (χ0v) is 12.2. The molecule has 2 atom stereocenters. The molecule has 118 valence electrons. The molecule has 2 aliphatic rings. The van der Waals surface area contributed by atoms with E-state index in [0.29, 0.717) is 38.4 Å². The smallest absolute Gasteiger partial charge is 0.243 e.